The van der Waals surface area contributed by atoms with E-state index in [1.807, 2.05) is 16.7 Å². The number of hydrogen-bond donors (Lipinski definition) is 2. The van der Waals surface area contributed by atoms with Crippen LogP contribution in [0.15, 0.2) is 0 Å². The molecular weight excluding hydrogens is 256 g/mol. The van der Waals surface area contributed by atoms with Crippen molar-refractivity contribution in [2.24, 2.45) is 5.73 Å². The summed E-state index contributed by atoms with van der Waals surface area (Å²) in [6.45, 7) is 6.23. The molecule has 0 aromatic carbocycles. The number of carbonyl (C=O) groups excluding carboxylic acids is 2. The summed E-state index contributed by atoms with van der Waals surface area (Å²) in [7, 11) is 0. The van der Waals surface area contributed by atoms with E-state index in [-0.39, 0.29) is 18.4 Å². The highest BCUT2D eigenvalue weighted by molar-refractivity contribution is 5.86. The molecule has 2 saturated heterocycles. The topological polar surface area (TPSA) is 78.7 Å². The molecule has 1 unspecified atom stereocenters. The number of nitrogens with zero attached hydrogens (tertiary/aromatic N) is 2. The normalized spacial score (nSPS) is 28.9. The standard InChI is InChI=1S/C14H26N4O2/c1-14(5-2-3-6-16-14)13(20)18-8-4-7-17(9-10-18)11-12(15)19/h16H,2-11H2,1H3,(H2,15,19). The van der Waals surface area contributed by atoms with Crippen LogP contribution in [-0.2, 0) is 9.59 Å². The van der Waals surface area contributed by atoms with Crippen molar-refractivity contribution in [3.63, 3.8) is 0 Å². The van der Waals surface area contributed by atoms with Gasteiger partial charge in [-0.15, -0.1) is 0 Å². The molecule has 0 spiro atoms. The first-order valence-electron chi connectivity index (χ1n) is 7.56. The Morgan fingerprint density at radius 3 is 2.60 bits per heavy atom. The molecule has 114 valence electrons. The highest BCUT2D eigenvalue weighted by Crippen LogP contribution is 2.22. The third-order valence-electron chi connectivity index (χ3n) is 4.35. The van der Waals surface area contributed by atoms with Crippen LogP contribution in [0, 0.1) is 0 Å². The maximum absolute atomic E-state index is 12.7. The third-order valence-corrected chi connectivity index (χ3v) is 4.35. The summed E-state index contributed by atoms with van der Waals surface area (Å²) < 4.78 is 0. The molecule has 0 aromatic rings. The Morgan fingerprint density at radius 2 is 1.95 bits per heavy atom. The third kappa shape index (κ3) is 3.70. The lowest BCUT2D eigenvalue weighted by atomic mass is 9.89. The molecule has 2 amide bonds. The lowest BCUT2D eigenvalue weighted by molar-refractivity contribution is -0.138. The number of amides is 2. The lowest BCUT2D eigenvalue weighted by Gasteiger charge is -2.37. The minimum Gasteiger partial charge on any atom is -0.369 e. The van der Waals surface area contributed by atoms with E-state index in [0.29, 0.717) is 6.54 Å². The van der Waals surface area contributed by atoms with Gasteiger partial charge in [-0.1, -0.05) is 0 Å². The van der Waals surface area contributed by atoms with E-state index in [0.717, 1.165) is 51.9 Å². The summed E-state index contributed by atoms with van der Waals surface area (Å²) in [5.41, 5.74) is 4.83. The molecule has 2 fully saturated rings. The number of rotatable bonds is 3. The highest BCUT2D eigenvalue weighted by Gasteiger charge is 2.37. The van der Waals surface area contributed by atoms with E-state index in [4.69, 9.17) is 5.73 Å². The van der Waals surface area contributed by atoms with Crippen LogP contribution in [0.4, 0.5) is 0 Å². The van der Waals surface area contributed by atoms with E-state index in [9.17, 15) is 9.59 Å². The summed E-state index contributed by atoms with van der Waals surface area (Å²) in [4.78, 5) is 27.7. The molecule has 2 rings (SSSR count). The van der Waals surface area contributed by atoms with E-state index < -0.39 is 5.54 Å². The van der Waals surface area contributed by atoms with Crippen LogP contribution in [0.25, 0.3) is 0 Å². The highest BCUT2D eigenvalue weighted by atomic mass is 16.2. The Hall–Kier alpha value is -1.14. The molecule has 3 N–H and O–H groups in total. The lowest BCUT2D eigenvalue weighted by Crippen LogP contribution is -2.58. The number of primary amides is 1. The monoisotopic (exact) mass is 282 g/mol. The second kappa shape index (κ2) is 6.54. The summed E-state index contributed by atoms with van der Waals surface area (Å²) in [6, 6.07) is 0. The smallest absolute Gasteiger partial charge is 0.242 e. The van der Waals surface area contributed by atoms with Gasteiger partial charge in [0.05, 0.1) is 12.1 Å². The van der Waals surface area contributed by atoms with Crippen LogP contribution in [-0.4, -0.2) is 66.4 Å². The van der Waals surface area contributed by atoms with Gasteiger partial charge in [0.25, 0.3) is 0 Å². The number of nitrogens with two attached hydrogens (primary N) is 1. The SMILES string of the molecule is CC1(C(=O)N2CCCN(CC(N)=O)CC2)CCCCN1. The van der Waals surface area contributed by atoms with Crippen LogP contribution in [0.1, 0.15) is 32.6 Å². The zero-order chi connectivity index (χ0) is 14.6. The van der Waals surface area contributed by atoms with Gasteiger partial charge in [-0.2, -0.15) is 0 Å². The summed E-state index contributed by atoms with van der Waals surface area (Å²) in [5.74, 6) is -0.0937. The van der Waals surface area contributed by atoms with Crippen molar-refractivity contribution in [2.75, 3.05) is 39.3 Å². The second-order valence-corrected chi connectivity index (χ2v) is 6.10. The van der Waals surface area contributed by atoms with Crippen molar-refractivity contribution in [3.05, 3.63) is 0 Å². The Kier molecular flexibility index (Phi) is 4.99. The van der Waals surface area contributed by atoms with E-state index in [2.05, 4.69) is 5.32 Å². The molecule has 6 nitrogen and oxygen atoms in total. The predicted molar refractivity (Wildman–Crippen MR) is 77.1 cm³/mol. The van der Waals surface area contributed by atoms with Gasteiger partial charge in [0, 0.05) is 26.2 Å². The van der Waals surface area contributed by atoms with Gasteiger partial charge in [0.2, 0.25) is 11.8 Å². The zero-order valence-electron chi connectivity index (χ0n) is 12.4. The van der Waals surface area contributed by atoms with Crippen molar-refractivity contribution in [1.82, 2.24) is 15.1 Å². The van der Waals surface area contributed by atoms with Gasteiger partial charge in [-0.3, -0.25) is 14.5 Å². The molecule has 0 bridgehead atoms. The molecule has 6 heteroatoms. The van der Waals surface area contributed by atoms with Crippen molar-refractivity contribution in [2.45, 2.75) is 38.1 Å². The minimum absolute atomic E-state index is 0.207. The van der Waals surface area contributed by atoms with E-state index in [1.165, 1.54) is 0 Å². The van der Waals surface area contributed by atoms with Crippen LogP contribution >= 0.6 is 0 Å². The maximum Gasteiger partial charge on any atom is 0.242 e. The summed E-state index contributed by atoms with van der Waals surface area (Å²) >= 11 is 0. The molecule has 2 aliphatic rings. The fourth-order valence-electron chi connectivity index (χ4n) is 3.14. The van der Waals surface area contributed by atoms with Crippen LogP contribution in [0.3, 0.4) is 0 Å². The fraction of sp³-hybridized carbons (Fsp3) is 0.857. The van der Waals surface area contributed by atoms with Gasteiger partial charge in [-0.05, 0) is 39.2 Å². The van der Waals surface area contributed by atoms with E-state index in [1.54, 1.807) is 0 Å². The van der Waals surface area contributed by atoms with Crippen molar-refractivity contribution >= 4 is 11.8 Å². The molecule has 20 heavy (non-hydrogen) atoms. The van der Waals surface area contributed by atoms with Crippen molar-refractivity contribution in [1.29, 1.82) is 0 Å². The average molecular weight is 282 g/mol. The van der Waals surface area contributed by atoms with Crippen molar-refractivity contribution in [3.8, 4) is 0 Å². The van der Waals surface area contributed by atoms with Crippen LogP contribution < -0.4 is 11.1 Å². The first-order chi connectivity index (χ1) is 9.51. The molecule has 0 saturated carbocycles. The Morgan fingerprint density at radius 1 is 1.15 bits per heavy atom. The number of nitrogens with one attached hydrogen (secondary N) is 1. The molecule has 0 aromatic heterocycles. The van der Waals surface area contributed by atoms with Crippen molar-refractivity contribution < 1.29 is 9.59 Å². The number of hydrogen-bond acceptors (Lipinski definition) is 4. The Bertz CT molecular complexity index is 366. The Balaban J connectivity index is 1.92. The number of carbonyl (C=O) groups is 2. The summed E-state index contributed by atoms with van der Waals surface area (Å²) in [5, 5.41) is 3.38. The fourth-order valence-corrected chi connectivity index (χ4v) is 3.14. The minimum atomic E-state index is -0.406. The van der Waals surface area contributed by atoms with Crippen LogP contribution in [0.5, 0.6) is 0 Å². The van der Waals surface area contributed by atoms with Gasteiger partial charge in [0.1, 0.15) is 0 Å². The predicted octanol–water partition coefficient (Wildman–Crippen LogP) is -0.462. The van der Waals surface area contributed by atoms with E-state index >= 15 is 0 Å². The molecule has 0 aliphatic carbocycles. The van der Waals surface area contributed by atoms with Gasteiger partial charge in [-0.25, -0.2) is 0 Å². The average Bonchev–Trinajstić information content (AvgIpc) is 2.63. The Labute approximate surface area is 120 Å². The summed E-state index contributed by atoms with van der Waals surface area (Å²) in [6.07, 6.45) is 4.06. The number of piperidine rings is 1. The first-order valence-corrected chi connectivity index (χ1v) is 7.56. The molecule has 0 radical (unpaired) electrons. The van der Waals surface area contributed by atoms with Gasteiger partial charge in [0.15, 0.2) is 0 Å². The second-order valence-electron chi connectivity index (χ2n) is 6.10. The molecular formula is C14H26N4O2. The quantitative estimate of drug-likeness (QED) is 0.734. The molecule has 2 heterocycles. The van der Waals surface area contributed by atoms with Crippen LogP contribution in [0.2, 0.25) is 0 Å². The molecule has 2 aliphatic heterocycles. The molecule has 1 atom stereocenters. The largest absolute Gasteiger partial charge is 0.369 e. The zero-order valence-corrected chi connectivity index (χ0v) is 12.4. The van der Waals surface area contributed by atoms with Gasteiger partial charge < -0.3 is 16.0 Å². The first kappa shape index (κ1) is 15.3. The maximum atomic E-state index is 12.7. The van der Waals surface area contributed by atoms with Gasteiger partial charge >= 0.3 is 0 Å².